The molecule has 1 heterocycles. The maximum absolute atomic E-state index is 6.13. The minimum Gasteiger partial charge on any atom is -0.497 e. The zero-order valence-electron chi connectivity index (χ0n) is 12.5. The number of rotatable bonds is 5. The van der Waals surface area contributed by atoms with Gasteiger partial charge in [-0.05, 0) is 37.1 Å². The first-order valence-corrected chi connectivity index (χ1v) is 9.07. The summed E-state index contributed by atoms with van der Waals surface area (Å²) in [5.41, 5.74) is 2.16. The second kappa shape index (κ2) is 6.49. The van der Waals surface area contributed by atoms with Crippen LogP contribution in [-0.2, 0) is 5.88 Å². The van der Waals surface area contributed by atoms with Crippen LogP contribution in [0.2, 0.25) is 0 Å². The quantitative estimate of drug-likeness (QED) is 0.750. The molecule has 0 spiro atoms. The molecule has 0 aliphatic heterocycles. The average molecular weight is 325 g/mol. The summed E-state index contributed by atoms with van der Waals surface area (Å²) in [6.07, 6.45) is 3.74. The van der Waals surface area contributed by atoms with Crippen LogP contribution in [0.3, 0.4) is 0 Å². The summed E-state index contributed by atoms with van der Waals surface area (Å²) in [6.45, 7) is 2.24. The first kappa shape index (κ1) is 15.0. The first-order valence-electron chi connectivity index (χ1n) is 7.49. The van der Waals surface area contributed by atoms with Crippen LogP contribution in [0, 0.1) is 0 Å². The summed E-state index contributed by atoms with van der Waals surface area (Å²) in [5, 5.41) is 0.777. The normalized spacial score (nSPS) is 22.0. The van der Waals surface area contributed by atoms with E-state index in [2.05, 4.69) is 29.3 Å². The van der Waals surface area contributed by atoms with Gasteiger partial charge in [-0.1, -0.05) is 6.92 Å². The van der Waals surface area contributed by atoms with Crippen molar-refractivity contribution in [2.45, 2.75) is 43.4 Å². The van der Waals surface area contributed by atoms with Crippen molar-refractivity contribution in [3.05, 3.63) is 24.0 Å². The van der Waals surface area contributed by atoms with Crippen molar-refractivity contribution in [3.8, 4) is 5.75 Å². The fourth-order valence-corrected chi connectivity index (χ4v) is 4.62. The van der Waals surface area contributed by atoms with Crippen LogP contribution in [0.4, 0.5) is 0 Å². The fourth-order valence-electron chi connectivity index (χ4n) is 3.30. The van der Waals surface area contributed by atoms with Crippen LogP contribution in [0.25, 0.3) is 11.0 Å². The van der Waals surface area contributed by atoms with Crippen LogP contribution >= 0.6 is 23.4 Å². The third kappa shape index (κ3) is 2.88. The van der Waals surface area contributed by atoms with E-state index in [0.29, 0.717) is 11.9 Å². The predicted octanol–water partition coefficient (Wildman–Crippen LogP) is 4.63. The highest BCUT2D eigenvalue weighted by Crippen LogP contribution is 2.39. The van der Waals surface area contributed by atoms with Gasteiger partial charge in [-0.2, -0.15) is 11.8 Å². The predicted molar refractivity (Wildman–Crippen MR) is 90.7 cm³/mol. The average Bonchev–Trinajstić information content (AvgIpc) is 3.10. The summed E-state index contributed by atoms with van der Waals surface area (Å²) in [5.74, 6) is 3.48. The van der Waals surface area contributed by atoms with Crippen LogP contribution in [0.5, 0.6) is 5.75 Å². The van der Waals surface area contributed by atoms with Gasteiger partial charge >= 0.3 is 0 Å². The van der Waals surface area contributed by atoms with Crippen molar-refractivity contribution in [3.63, 3.8) is 0 Å². The van der Waals surface area contributed by atoms with E-state index in [9.17, 15) is 0 Å². The van der Waals surface area contributed by atoms with Gasteiger partial charge < -0.3 is 9.30 Å². The number of aromatic nitrogens is 2. The van der Waals surface area contributed by atoms with Gasteiger partial charge in [0.25, 0.3) is 0 Å². The van der Waals surface area contributed by atoms with Gasteiger partial charge in [-0.25, -0.2) is 4.98 Å². The van der Waals surface area contributed by atoms with Gasteiger partial charge in [-0.15, -0.1) is 11.6 Å². The molecule has 1 aromatic heterocycles. The van der Waals surface area contributed by atoms with Crippen LogP contribution in [0.1, 0.15) is 38.1 Å². The number of thioether (sulfide) groups is 1. The lowest BCUT2D eigenvalue weighted by Crippen LogP contribution is -2.09. The molecule has 0 bridgehead atoms. The van der Waals surface area contributed by atoms with Crippen molar-refractivity contribution in [1.29, 1.82) is 0 Å². The SMILES string of the molecule is CCSC1CCC(n2c(CCl)nc3cc(OC)ccc32)C1. The standard InChI is InChI=1S/C16H21ClN2OS/c1-3-21-13-6-4-11(8-13)19-15-7-5-12(20-2)9-14(15)18-16(19)10-17/h5,7,9,11,13H,3-4,6,8,10H2,1-2H3. The highest BCUT2D eigenvalue weighted by molar-refractivity contribution is 7.99. The first-order chi connectivity index (χ1) is 10.3. The summed E-state index contributed by atoms with van der Waals surface area (Å²) in [7, 11) is 1.68. The molecular formula is C16H21ClN2OS. The van der Waals surface area contributed by atoms with Crippen molar-refractivity contribution in [1.82, 2.24) is 9.55 Å². The smallest absolute Gasteiger partial charge is 0.125 e. The Labute approximate surface area is 135 Å². The number of hydrogen-bond donors (Lipinski definition) is 0. The van der Waals surface area contributed by atoms with E-state index >= 15 is 0 Å². The molecular weight excluding hydrogens is 304 g/mol. The maximum atomic E-state index is 6.13. The monoisotopic (exact) mass is 324 g/mol. The zero-order chi connectivity index (χ0) is 14.8. The largest absolute Gasteiger partial charge is 0.497 e. The van der Waals surface area contributed by atoms with E-state index in [1.54, 1.807) is 7.11 Å². The lowest BCUT2D eigenvalue weighted by Gasteiger charge is -2.16. The molecule has 0 amide bonds. The molecule has 1 aromatic carbocycles. The van der Waals surface area contributed by atoms with E-state index < -0.39 is 0 Å². The minimum atomic E-state index is 0.457. The Morgan fingerprint density at radius 2 is 2.29 bits per heavy atom. The second-order valence-electron chi connectivity index (χ2n) is 5.43. The van der Waals surface area contributed by atoms with Gasteiger partial charge in [0.15, 0.2) is 0 Å². The molecule has 2 atom stereocenters. The number of halogens is 1. The fraction of sp³-hybridized carbons (Fsp3) is 0.562. The Balaban J connectivity index is 1.97. The molecule has 1 aliphatic carbocycles. The van der Waals surface area contributed by atoms with Crippen molar-refractivity contribution < 1.29 is 4.74 Å². The van der Waals surface area contributed by atoms with Gasteiger partial charge in [0.2, 0.25) is 0 Å². The molecule has 114 valence electrons. The molecule has 1 aliphatic rings. The van der Waals surface area contributed by atoms with Crippen LogP contribution in [-0.4, -0.2) is 27.7 Å². The highest BCUT2D eigenvalue weighted by Gasteiger charge is 2.28. The molecule has 3 nitrogen and oxygen atoms in total. The third-order valence-corrected chi connectivity index (χ3v) is 5.69. The van der Waals surface area contributed by atoms with E-state index in [1.165, 1.54) is 30.5 Å². The van der Waals surface area contributed by atoms with Gasteiger partial charge in [0, 0.05) is 17.4 Å². The topological polar surface area (TPSA) is 27.1 Å². The third-order valence-electron chi connectivity index (χ3n) is 4.21. The van der Waals surface area contributed by atoms with E-state index in [4.69, 9.17) is 21.3 Å². The second-order valence-corrected chi connectivity index (χ2v) is 7.28. The Bertz CT molecular complexity index is 628. The lowest BCUT2D eigenvalue weighted by atomic mass is 10.2. The molecule has 0 radical (unpaired) electrons. The Morgan fingerprint density at radius 3 is 3.00 bits per heavy atom. The molecule has 0 saturated heterocycles. The molecule has 3 rings (SSSR count). The zero-order valence-corrected chi connectivity index (χ0v) is 14.1. The molecule has 1 fully saturated rings. The summed E-state index contributed by atoms with van der Waals surface area (Å²) < 4.78 is 7.65. The number of methoxy groups -OCH3 is 1. The Morgan fingerprint density at radius 1 is 1.43 bits per heavy atom. The molecule has 21 heavy (non-hydrogen) atoms. The number of alkyl halides is 1. The van der Waals surface area contributed by atoms with Gasteiger partial charge in [0.1, 0.15) is 11.6 Å². The maximum Gasteiger partial charge on any atom is 0.125 e. The van der Waals surface area contributed by atoms with Gasteiger partial charge in [-0.3, -0.25) is 0 Å². The van der Waals surface area contributed by atoms with Crippen LogP contribution in [0.15, 0.2) is 18.2 Å². The number of nitrogens with zero attached hydrogens (tertiary/aromatic N) is 2. The van der Waals surface area contributed by atoms with Crippen molar-refractivity contribution in [2.24, 2.45) is 0 Å². The number of benzene rings is 1. The molecule has 1 saturated carbocycles. The minimum absolute atomic E-state index is 0.457. The number of ether oxygens (including phenoxy) is 1. The molecule has 0 N–H and O–H groups in total. The van der Waals surface area contributed by atoms with E-state index in [0.717, 1.165) is 22.3 Å². The lowest BCUT2D eigenvalue weighted by molar-refractivity contribution is 0.415. The molecule has 2 aromatic rings. The number of imidazole rings is 1. The summed E-state index contributed by atoms with van der Waals surface area (Å²) in [6, 6.07) is 6.64. The molecule has 5 heteroatoms. The highest BCUT2D eigenvalue weighted by atomic mass is 35.5. The van der Waals surface area contributed by atoms with Crippen molar-refractivity contribution in [2.75, 3.05) is 12.9 Å². The Kier molecular flexibility index (Phi) is 4.65. The van der Waals surface area contributed by atoms with Crippen molar-refractivity contribution >= 4 is 34.4 Å². The summed E-state index contributed by atoms with van der Waals surface area (Å²) >= 11 is 8.21. The Hall–Kier alpha value is -0.870. The summed E-state index contributed by atoms with van der Waals surface area (Å²) in [4.78, 5) is 4.70. The van der Waals surface area contributed by atoms with E-state index in [1.807, 2.05) is 12.1 Å². The van der Waals surface area contributed by atoms with E-state index in [-0.39, 0.29) is 0 Å². The van der Waals surface area contributed by atoms with Gasteiger partial charge in [0.05, 0.1) is 24.0 Å². The molecule has 2 unspecified atom stereocenters. The van der Waals surface area contributed by atoms with Crippen LogP contribution < -0.4 is 4.74 Å². The number of hydrogen-bond acceptors (Lipinski definition) is 3. The number of fused-ring (bicyclic) bond motifs is 1.